The summed E-state index contributed by atoms with van der Waals surface area (Å²) < 4.78 is 0. The van der Waals surface area contributed by atoms with Gasteiger partial charge in [0.25, 0.3) is 0 Å². The van der Waals surface area contributed by atoms with E-state index in [1.165, 1.54) is 76.8 Å². The lowest BCUT2D eigenvalue weighted by molar-refractivity contribution is 0.660. The molecule has 246 valence electrons. The third-order valence-corrected chi connectivity index (χ3v) is 11.2. The van der Waals surface area contributed by atoms with E-state index in [9.17, 15) is 0 Å². The first kappa shape index (κ1) is 30.4. The molecule has 0 heterocycles. The van der Waals surface area contributed by atoms with Crippen LogP contribution in [0.3, 0.4) is 0 Å². The third kappa shape index (κ3) is 4.77. The van der Waals surface area contributed by atoms with Crippen molar-refractivity contribution in [3.63, 3.8) is 0 Å². The number of rotatable bonds is 5. The molecule has 0 atom stereocenters. The Morgan fingerprint density at radius 2 is 0.942 bits per heavy atom. The summed E-state index contributed by atoms with van der Waals surface area (Å²) in [7, 11) is 0. The van der Waals surface area contributed by atoms with Gasteiger partial charge in [0.1, 0.15) is 0 Å². The zero-order valence-corrected chi connectivity index (χ0v) is 29.3. The standard InChI is InChI=1S/C51H37N/c1-51(2)48-21-11-9-20-45(48)46-30-29-40(33-49(46)51)52(50-22-12-10-17-42(50)38-24-23-34-13-3-4-14-36(34)31-38)39-27-25-35(26-28-39)47-32-37-15-5-6-16-41(37)43-18-7-8-19-44(43)47/h3-33H,1-2H3. The van der Waals surface area contributed by atoms with Crippen LogP contribution in [-0.2, 0) is 5.41 Å². The Hall–Kier alpha value is -6.44. The Kier molecular flexibility index (Phi) is 6.91. The maximum absolute atomic E-state index is 2.45. The van der Waals surface area contributed by atoms with Crippen molar-refractivity contribution in [3.05, 3.63) is 199 Å². The van der Waals surface area contributed by atoms with Gasteiger partial charge in [-0.05, 0) is 114 Å². The molecule has 0 bridgehead atoms. The van der Waals surface area contributed by atoms with E-state index >= 15 is 0 Å². The number of para-hydroxylation sites is 1. The van der Waals surface area contributed by atoms with E-state index in [0.29, 0.717) is 0 Å². The Balaban J connectivity index is 1.16. The summed E-state index contributed by atoms with van der Waals surface area (Å²) in [5.74, 6) is 0. The lowest BCUT2D eigenvalue weighted by Gasteiger charge is -2.30. The van der Waals surface area contributed by atoms with Gasteiger partial charge in [-0.15, -0.1) is 0 Å². The zero-order chi connectivity index (χ0) is 34.8. The Bertz CT molecular complexity index is 2820. The van der Waals surface area contributed by atoms with E-state index in [2.05, 4.69) is 207 Å². The van der Waals surface area contributed by atoms with E-state index in [1.54, 1.807) is 0 Å². The molecule has 0 saturated heterocycles. The molecule has 9 aromatic carbocycles. The van der Waals surface area contributed by atoms with Crippen molar-refractivity contribution in [1.29, 1.82) is 0 Å². The van der Waals surface area contributed by atoms with Crippen molar-refractivity contribution < 1.29 is 0 Å². The van der Waals surface area contributed by atoms with Crippen LogP contribution in [0.1, 0.15) is 25.0 Å². The fourth-order valence-corrected chi connectivity index (χ4v) is 8.61. The third-order valence-electron chi connectivity index (χ3n) is 11.2. The van der Waals surface area contributed by atoms with E-state index in [4.69, 9.17) is 0 Å². The molecule has 0 aliphatic heterocycles. The molecule has 0 fully saturated rings. The highest BCUT2D eigenvalue weighted by Crippen LogP contribution is 2.51. The fourth-order valence-electron chi connectivity index (χ4n) is 8.61. The van der Waals surface area contributed by atoms with Gasteiger partial charge < -0.3 is 4.90 Å². The summed E-state index contributed by atoms with van der Waals surface area (Å²) >= 11 is 0. The largest absolute Gasteiger partial charge is 0.310 e. The van der Waals surface area contributed by atoms with Crippen molar-refractivity contribution in [1.82, 2.24) is 0 Å². The van der Waals surface area contributed by atoms with Crippen LogP contribution in [0.25, 0.3) is 65.7 Å². The molecular formula is C51H37N. The second-order valence-corrected chi connectivity index (χ2v) is 14.6. The van der Waals surface area contributed by atoms with E-state index in [-0.39, 0.29) is 5.41 Å². The predicted molar refractivity (Wildman–Crippen MR) is 222 cm³/mol. The van der Waals surface area contributed by atoms with Gasteiger partial charge in [-0.2, -0.15) is 0 Å². The van der Waals surface area contributed by atoms with Crippen LogP contribution < -0.4 is 4.90 Å². The minimum absolute atomic E-state index is 0.105. The average Bonchev–Trinajstić information content (AvgIpc) is 3.43. The van der Waals surface area contributed by atoms with Crippen LogP contribution in [0, 0.1) is 0 Å². The number of benzene rings is 9. The lowest BCUT2D eigenvalue weighted by Crippen LogP contribution is -2.16. The molecule has 0 saturated carbocycles. The van der Waals surface area contributed by atoms with Crippen molar-refractivity contribution in [2.45, 2.75) is 19.3 Å². The molecule has 1 aliphatic rings. The number of hydrogen-bond acceptors (Lipinski definition) is 1. The maximum Gasteiger partial charge on any atom is 0.0540 e. The first-order valence-corrected chi connectivity index (χ1v) is 18.2. The van der Waals surface area contributed by atoms with Gasteiger partial charge in [0.2, 0.25) is 0 Å². The Morgan fingerprint density at radius 3 is 1.77 bits per heavy atom. The van der Waals surface area contributed by atoms with Crippen LogP contribution in [0.15, 0.2) is 188 Å². The summed E-state index contributed by atoms with van der Waals surface area (Å²) in [6, 6.07) is 69.2. The van der Waals surface area contributed by atoms with Crippen molar-refractivity contribution in [2.24, 2.45) is 0 Å². The fraction of sp³-hybridized carbons (Fsp3) is 0.0588. The van der Waals surface area contributed by atoms with E-state index < -0.39 is 0 Å². The average molecular weight is 664 g/mol. The van der Waals surface area contributed by atoms with Gasteiger partial charge in [-0.3, -0.25) is 0 Å². The Morgan fingerprint density at radius 1 is 0.346 bits per heavy atom. The van der Waals surface area contributed by atoms with Crippen LogP contribution in [0.5, 0.6) is 0 Å². The van der Waals surface area contributed by atoms with Gasteiger partial charge in [0.05, 0.1) is 5.69 Å². The molecule has 1 heteroatoms. The van der Waals surface area contributed by atoms with Gasteiger partial charge >= 0.3 is 0 Å². The molecule has 0 N–H and O–H groups in total. The highest BCUT2D eigenvalue weighted by Gasteiger charge is 2.35. The van der Waals surface area contributed by atoms with Crippen LogP contribution >= 0.6 is 0 Å². The monoisotopic (exact) mass is 663 g/mol. The molecular weight excluding hydrogens is 627 g/mol. The highest BCUT2D eigenvalue weighted by molar-refractivity contribution is 6.13. The minimum Gasteiger partial charge on any atom is -0.310 e. The summed E-state index contributed by atoms with van der Waals surface area (Å²) in [5, 5.41) is 7.59. The molecule has 1 aliphatic carbocycles. The molecule has 0 aromatic heterocycles. The second kappa shape index (κ2) is 11.8. The number of fused-ring (bicyclic) bond motifs is 7. The van der Waals surface area contributed by atoms with Gasteiger partial charge in [-0.25, -0.2) is 0 Å². The van der Waals surface area contributed by atoms with Crippen LogP contribution in [0.2, 0.25) is 0 Å². The smallest absolute Gasteiger partial charge is 0.0540 e. The van der Waals surface area contributed by atoms with Crippen LogP contribution in [-0.4, -0.2) is 0 Å². The SMILES string of the molecule is CC1(C)c2ccccc2-c2ccc(N(c3ccc(-c4cc5ccccc5c5ccccc45)cc3)c3ccccc3-c3ccc4ccccc4c3)cc21. The first-order chi connectivity index (χ1) is 25.5. The van der Waals surface area contributed by atoms with Crippen molar-refractivity contribution in [3.8, 4) is 33.4 Å². The second-order valence-electron chi connectivity index (χ2n) is 14.6. The minimum atomic E-state index is -0.105. The first-order valence-electron chi connectivity index (χ1n) is 18.2. The molecule has 0 amide bonds. The molecule has 0 unspecified atom stereocenters. The molecule has 0 radical (unpaired) electrons. The summed E-state index contributed by atoms with van der Waals surface area (Å²) in [6.45, 7) is 4.72. The van der Waals surface area contributed by atoms with Gasteiger partial charge in [-0.1, -0.05) is 159 Å². The molecule has 52 heavy (non-hydrogen) atoms. The lowest BCUT2D eigenvalue weighted by atomic mass is 9.82. The normalized spacial score (nSPS) is 13.0. The molecule has 10 rings (SSSR count). The molecule has 1 nitrogen and oxygen atoms in total. The van der Waals surface area contributed by atoms with Gasteiger partial charge in [0.15, 0.2) is 0 Å². The van der Waals surface area contributed by atoms with E-state index in [1.807, 2.05) is 0 Å². The van der Waals surface area contributed by atoms with E-state index in [0.717, 1.165) is 17.1 Å². The number of hydrogen-bond donors (Lipinski definition) is 0. The van der Waals surface area contributed by atoms with Crippen LogP contribution in [0.4, 0.5) is 17.1 Å². The highest BCUT2D eigenvalue weighted by atomic mass is 15.1. The quantitative estimate of drug-likeness (QED) is 0.166. The van der Waals surface area contributed by atoms with Crippen molar-refractivity contribution in [2.75, 3.05) is 4.90 Å². The van der Waals surface area contributed by atoms with Gasteiger partial charge in [0, 0.05) is 22.4 Å². The topological polar surface area (TPSA) is 3.24 Å². The molecule has 0 spiro atoms. The zero-order valence-electron chi connectivity index (χ0n) is 29.3. The Labute approximate surface area is 305 Å². The summed E-state index contributed by atoms with van der Waals surface area (Å²) in [6.07, 6.45) is 0. The molecule has 9 aromatic rings. The maximum atomic E-state index is 2.45. The predicted octanol–water partition coefficient (Wildman–Crippen LogP) is 14.3. The van der Waals surface area contributed by atoms with Crippen molar-refractivity contribution >= 4 is 49.4 Å². The number of anilines is 3. The summed E-state index contributed by atoms with van der Waals surface area (Å²) in [4.78, 5) is 2.45. The summed E-state index contributed by atoms with van der Waals surface area (Å²) in [5.41, 5.74) is 13.6. The number of nitrogens with zero attached hydrogens (tertiary/aromatic N) is 1.